The first-order valence-electron chi connectivity index (χ1n) is 15.4. The molecule has 0 amide bonds. The first-order chi connectivity index (χ1) is 23.2. The van der Waals surface area contributed by atoms with Gasteiger partial charge in [-0.3, -0.25) is 9.88 Å². The molecule has 10 nitrogen and oxygen atoms in total. The van der Waals surface area contributed by atoms with Crippen LogP contribution in [-0.4, -0.2) is 58.6 Å². The van der Waals surface area contributed by atoms with Crippen LogP contribution in [0.1, 0.15) is 31.0 Å². The molecule has 13 heteroatoms. The van der Waals surface area contributed by atoms with Crippen LogP contribution in [-0.2, 0) is 26.8 Å². The van der Waals surface area contributed by atoms with E-state index in [0.717, 1.165) is 16.6 Å². The number of likely N-dealkylation sites (N-methyl/N-ethyl adjacent to an activating group) is 1. The van der Waals surface area contributed by atoms with Crippen LogP contribution in [0.5, 0.6) is 5.75 Å². The van der Waals surface area contributed by atoms with E-state index in [4.69, 9.17) is 14.5 Å². The van der Waals surface area contributed by atoms with Crippen LogP contribution in [0.4, 0.5) is 15.9 Å². The highest BCUT2D eigenvalue weighted by Gasteiger charge is 2.46. The maximum Gasteiger partial charge on any atom is 0.196 e. The van der Waals surface area contributed by atoms with Crippen LogP contribution in [0.2, 0.25) is 0 Å². The highest BCUT2D eigenvalue weighted by Crippen LogP contribution is 2.42. The highest BCUT2D eigenvalue weighted by atomic mass is 79.9. The predicted octanol–water partition coefficient (Wildman–Crippen LogP) is 6.96. The minimum atomic E-state index is -3.57. The second kappa shape index (κ2) is 14.3. The Balaban J connectivity index is 1.23. The van der Waals surface area contributed by atoms with Crippen molar-refractivity contribution in [3.63, 3.8) is 0 Å². The van der Waals surface area contributed by atoms with E-state index < -0.39 is 15.4 Å². The summed E-state index contributed by atoms with van der Waals surface area (Å²) < 4.78 is 52.6. The molecule has 0 spiro atoms. The summed E-state index contributed by atoms with van der Waals surface area (Å²) in [4.78, 5) is 19.9. The fourth-order valence-electron chi connectivity index (χ4n) is 5.95. The number of hydrogen-bond acceptors (Lipinski definition) is 10. The van der Waals surface area contributed by atoms with Crippen molar-refractivity contribution in [2.45, 2.75) is 43.0 Å². The minimum absolute atomic E-state index is 0.0641. The number of sulfone groups is 1. The van der Waals surface area contributed by atoms with Gasteiger partial charge in [0.2, 0.25) is 0 Å². The van der Waals surface area contributed by atoms with Gasteiger partial charge in [-0.05, 0) is 89.6 Å². The molecule has 48 heavy (non-hydrogen) atoms. The Morgan fingerprint density at radius 1 is 1.08 bits per heavy atom. The van der Waals surface area contributed by atoms with Crippen LogP contribution in [0.3, 0.4) is 0 Å². The zero-order chi connectivity index (χ0) is 33.7. The third-order valence-electron chi connectivity index (χ3n) is 8.36. The first-order valence-corrected chi connectivity index (χ1v) is 17.8. The smallest absolute Gasteiger partial charge is 0.196 e. The number of pyridine rings is 2. The highest BCUT2D eigenvalue weighted by molar-refractivity contribution is 9.10. The molecule has 1 aliphatic heterocycles. The van der Waals surface area contributed by atoms with Crippen molar-refractivity contribution < 1.29 is 22.3 Å². The Labute approximate surface area is 287 Å². The van der Waals surface area contributed by atoms with E-state index in [1.165, 1.54) is 30.7 Å². The molecule has 2 atom stereocenters. The zero-order valence-corrected chi connectivity index (χ0v) is 28.8. The summed E-state index contributed by atoms with van der Waals surface area (Å²) in [6.07, 6.45) is 9.55. The van der Waals surface area contributed by atoms with Crippen LogP contribution in [0.15, 0.2) is 107 Å². The lowest BCUT2D eigenvalue weighted by Crippen LogP contribution is -2.50. The van der Waals surface area contributed by atoms with Crippen molar-refractivity contribution >= 4 is 48.2 Å². The van der Waals surface area contributed by atoms with Crippen LogP contribution in [0.25, 0.3) is 10.9 Å². The quantitative estimate of drug-likeness (QED) is 0.136. The van der Waals surface area contributed by atoms with E-state index in [-0.39, 0.29) is 35.8 Å². The topological polar surface area (TPSA) is 119 Å². The number of fused-ring (bicyclic) bond motifs is 1. The molecule has 0 bridgehead atoms. The SMILES string of the molecule is CCC(N(C)CCS(=O)(=O)c1ccccn1)C1(c2cc3c(Nc4ccc(OCc5cccc(F)c5)c(Br)c4)ncnc3cn2)CC=CO1. The molecular formula is C35H34BrFN6O4S. The molecule has 3 aromatic heterocycles. The molecule has 1 N–H and O–H groups in total. The molecule has 0 fully saturated rings. The van der Waals surface area contributed by atoms with Crippen molar-refractivity contribution in [2.75, 3.05) is 24.7 Å². The molecule has 0 saturated carbocycles. The van der Waals surface area contributed by atoms with Crippen LogP contribution >= 0.6 is 15.9 Å². The van der Waals surface area contributed by atoms with E-state index >= 15 is 0 Å². The number of anilines is 2. The van der Waals surface area contributed by atoms with Gasteiger partial charge in [0, 0.05) is 30.2 Å². The van der Waals surface area contributed by atoms with Gasteiger partial charge in [0.05, 0.1) is 39.9 Å². The fraction of sp³-hybridized carbons (Fsp3) is 0.257. The number of nitrogens with zero attached hydrogens (tertiary/aromatic N) is 5. The van der Waals surface area contributed by atoms with Crippen molar-refractivity contribution in [2.24, 2.45) is 0 Å². The van der Waals surface area contributed by atoms with Gasteiger partial charge in [0.25, 0.3) is 0 Å². The van der Waals surface area contributed by atoms with Gasteiger partial charge in [0.15, 0.2) is 20.5 Å². The lowest BCUT2D eigenvalue weighted by atomic mass is 9.84. The van der Waals surface area contributed by atoms with E-state index in [9.17, 15) is 12.8 Å². The largest absolute Gasteiger partial charge is 0.488 e. The summed E-state index contributed by atoms with van der Waals surface area (Å²) >= 11 is 3.59. The van der Waals surface area contributed by atoms with Crippen LogP contribution in [0, 0.1) is 5.82 Å². The number of ether oxygens (including phenoxy) is 2. The molecule has 4 heterocycles. The third-order valence-corrected chi connectivity index (χ3v) is 10.6. The molecule has 0 radical (unpaired) electrons. The molecule has 2 unspecified atom stereocenters. The van der Waals surface area contributed by atoms with Gasteiger partial charge in [0.1, 0.15) is 30.3 Å². The van der Waals surface area contributed by atoms with Crippen molar-refractivity contribution in [3.8, 4) is 5.75 Å². The van der Waals surface area contributed by atoms with Crippen molar-refractivity contribution in [1.29, 1.82) is 0 Å². The second-order valence-electron chi connectivity index (χ2n) is 11.5. The van der Waals surface area contributed by atoms with E-state index in [0.29, 0.717) is 40.1 Å². The lowest BCUT2D eigenvalue weighted by molar-refractivity contribution is -0.0429. The third kappa shape index (κ3) is 7.18. The first kappa shape index (κ1) is 33.4. The van der Waals surface area contributed by atoms with Gasteiger partial charge in [-0.15, -0.1) is 0 Å². The Hall–Kier alpha value is -4.46. The normalized spacial score (nSPS) is 16.6. The fourth-order valence-corrected chi connectivity index (χ4v) is 7.69. The van der Waals surface area contributed by atoms with Crippen molar-refractivity contribution in [3.05, 3.63) is 119 Å². The van der Waals surface area contributed by atoms with Gasteiger partial charge in [-0.25, -0.2) is 27.8 Å². The Bertz CT molecular complexity index is 2040. The molecule has 1 aliphatic rings. The van der Waals surface area contributed by atoms with Gasteiger partial charge in [-0.1, -0.05) is 25.1 Å². The summed E-state index contributed by atoms with van der Waals surface area (Å²) in [6.45, 7) is 2.56. The van der Waals surface area contributed by atoms with Crippen molar-refractivity contribution in [1.82, 2.24) is 24.8 Å². The average Bonchev–Trinajstić information content (AvgIpc) is 3.58. The van der Waals surface area contributed by atoms with Crippen LogP contribution < -0.4 is 10.1 Å². The summed E-state index contributed by atoms with van der Waals surface area (Å²) in [7, 11) is -1.66. The van der Waals surface area contributed by atoms with E-state index in [1.54, 1.807) is 30.7 Å². The Kier molecular flexibility index (Phi) is 9.99. The number of hydrogen-bond donors (Lipinski definition) is 1. The molecule has 5 aromatic rings. The Morgan fingerprint density at radius 3 is 2.69 bits per heavy atom. The molecule has 6 rings (SSSR count). The maximum absolute atomic E-state index is 13.6. The molecule has 248 valence electrons. The molecule has 0 aliphatic carbocycles. The molecule has 0 saturated heterocycles. The maximum atomic E-state index is 13.6. The predicted molar refractivity (Wildman–Crippen MR) is 185 cm³/mol. The summed E-state index contributed by atoms with van der Waals surface area (Å²) in [6, 6.07) is 18.5. The summed E-state index contributed by atoms with van der Waals surface area (Å²) in [5, 5.41) is 4.20. The van der Waals surface area contributed by atoms with Gasteiger partial charge in [-0.2, -0.15) is 0 Å². The number of benzene rings is 2. The Morgan fingerprint density at radius 2 is 1.96 bits per heavy atom. The number of nitrogens with one attached hydrogen (secondary N) is 1. The molecule has 2 aromatic carbocycles. The summed E-state index contributed by atoms with van der Waals surface area (Å²) in [5.74, 6) is 0.793. The average molecular weight is 734 g/mol. The molecular weight excluding hydrogens is 699 g/mol. The van der Waals surface area contributed by atoms with Gasteiger partial charge < -0.3 is 14.8 Å². The number of halogens is 2. The standard InChI is InChI=1S/C35H34BrFN6O4S/c1-3-32(43(2)15-17-48(44,45)33-10-4-5-14-38-33)35(13-7-16-47-35)31-20-27-29(21-39-31)40-23-41-34(27)42-26-11-12-30(28(36)19-26)46-22-24-8-6-9-25(37)18-24/h4-12,14,16,18-21,23,32H,3,13,15,17,22H2,1-2H3,(H,40,41,42). The number of aromatic nitrogens is 4. The lowest BCUT2D eigenvalue weighted by Gasteiger charge is -2.41. The second-order valence-corrected chi connectivity index (χ2v) is 14.4. The van der Waals surface area contributed by atoms with Gasteiger partial charge >= 0.3 is 0 Å². The number of rotatable bonds is 13. The minimum Gasteiger partial charge on any atom is -0.488 e. The summed E-state index contributed by atoms with van der Waals surface area (Å²) in [5.41, 5.74) is 1.96. The van der Waals surface area contributed by atoms with E-state index in [1.807, 2.05) is 48.4 Å². The monoisotopic (exact) mass is 732 g/mol. The zero-order valence-electron chi connectivity index (χ0n) is 26.4. The van der Waals surface area contributed by atoms with E-state index in [2.05, 4.69) is 43.1 Å².